The SMILES string of the molecule is C=C(C)C(CC)CCC(C)C1CCC2C3CC=C4CC(OC5OC(COC(C)=O)C(OC(C)=O)C(OC(C)=O)C5OC(C)=O)CCC4(C)C3CCC12C. The first kappa shape index (κ1) is 41.4. The van der Waals surface area contributed by atoms with Crippen molar-refractivity contribution >= 4 is 23.9 Å². The second kappa shape index (κ2) is 17.0. The smallest absolute Gasteiger partial charge is 0.303 e. The zero-order valence-electron chi connectivity index (χ0n) is 33.8. The van der Waals surface area contributed by atoms with Crippen LogP contribution in [0.2, 0.25) is 0 Å². The van der Waals surface area contributed by atoms with Gasteiger partial charge in [0.25, 0.3) is 0 Å². The van der Waals surface area contributed by atoms with Crippen LogP contribution in [-0.4, -0.2) is 67.3 Å². The van der Waals surface area contributed by atoms with Crippen LogP contribution in [0.4, 0.5) is 0 Å². The summed E-state index contributed by atoms with van der Waals surface area (Å²) in [5.74, 6) is 1.70. The Balaban J connectivity index is 1.31. The number of hydrogen-bond donors (Lipinski definition) is 0. The van der Waals surface area contributed by atoms with Crippen LogP contribution in [0.3, 0.4) is 0 Å². The lowest BCUT2D eigenvalue weighted by Gasteiger charge is -2.58. The highest BCUT2D eigenvalue weighted by molar-refractivity contribution is 5.68. The van der Waals surface area contributed by atoms with Gasteiger partial charge in [0.2, 0.25) is 0 Å². The zero-order valence-corrected chi connectivity index (χ0v) is 33.8. The fraction of sp³-hybridized carbons (Fsp3) is 0.814. The summed E-state index contributed by atoms with van der Waals surface area (Å²) in [6.07, 6.45) is 8.92. The molecule has 4 aliphatic carbocycles. The molecule has 14 atom stereocenters. The van der Waals surface area contributed by atoms with Gasteiger partial charge in [-0.1, -0.05) is 51.5 Å². The third kappa shape index (κ3) is 8.90. The molecule has 10 nitrogen and oxygen atoms in total. The molecule has 1 heterocycles. The summed E-state index contributed by atoms with van der Waals surface area (Å²) in [5, 5.41) is 0. The third-order valence-electron chi connectivity index (χ3n) is 14.3. The van der Waals surface area contributed by atoms with E-state index in [1.165, 1.54) is 83.8 Å². The molecular formula is C43H66O10. The standard InChI is InChI=1S/C43H66O10/c1-11-30(24(2)3)13-12-25(4)34-16-17-35-33-15-14-31-22-32(18-20-42(31,9)36(33)19-21-43(34,35)10)52-41-40(51-29(8)47)39(50-28(7)46)38(49-27(6)45)37(53-41)23-48-26(5)44/h14,25,30,32-41H,2,11-13,15-23H2,1,3-10H3. The van der Waals surface area contributed by atoms with Crippen LogP contribution in [0.15, 0.2) is 23.8 Å². The van der Waals surface area contributed by atoms with Crippen LogP contribution in [0.1, 0.15) is 133 Å². The van der Waals surface area contributed by atoms with Crippen molar-refractivity contribution in [1.82, 2.24) is 0 Å². The van der Waals surface area contributed by atoms with Crippen molar-refractivity contribution in [3.63, 3.8) is 0 Å². The minimum absolute atomic E-state index is 0.0882. The quantitative estimate of drug-likeness (QED) is 0.104. The van der Waals surface area contributed by atoms with E-state index < -0.39 is 54.6 Å². The van der Waals surface area contributed by atoms with Crippen molar-refractivity contribution in [2.24, 2.45) is 46.3 Å². The minimum Gasteiger partial charge on any atom is -0.463 e. The first-order chi connectivity index (χ1) is 25.0. The van der Waals surface area contributed by atoms with Gasteiger partial charge in [-0.3, -0.25) is 19.2 Å². The Kier molecular flexibility index (Phi) is 13.3. The van der Waals surface area contributed by atoms with E-state index in [2.05, 4.69) is 47.3 Å². The summed E-state index contributed by atoms with van der Waals surface area (Å²) in [5.41, 5.74) is 3.23. The van der Waals surface area contributed by atoms with E-state index in [0.29, 0.717) is 23.2 Å². The molecule has 0 aromatic carbocycles. The first-order valence-corrected chi connectivity index (χ1v) is 20.3. The second-order valence-electron chi connectivity index (χ2n) is 17.6. The topological polar surface area (TPSA) is 124 Å². The molecule has 0 aromatic rings. The molecule has 0 aromatic heterocycles. The van der Waals surface area contributed by atoms with E-state index in [1.807, 2.05) is 0 Å². The number of hydrogen-bond acceptors (Lipinski definition) is 10. The highest BCUT2D eigenvalue weighted by Gasteiger charge is 2.60. The average molecular weight is 743 g/mol. The molecule has 4 fully saturated rings. The lowest BCUT2D eigenvalue weighted by atomic mass is 9.47. The second-order valence-corrected chi connectivity index (χ2v) is 17.6. The first-order valence-electron chi connectivity index (χ1n) is 20.3. The molecule has 5 rings (SSSR count). The maximum atomic E-state index is 12.4. The number of esters is 4. The summed E-state index contributed by atoms with van der Waals surface area (Å²) < 4.78 is 35.0. The highest BCUT2D eigenvalue weighted by atomic mass is 16.7. The van der Waals surface area contributed by atoms with Gasteiger partial charge in [0.1, 0.15) is 12.7 Å². The fourth-order valence-electron chi connectivity index (χ4n) is 11.7. The van der Waals surface area contributed by atoms with Crippen LogP contribution in [0.5, 0.6) is 0 Å². The molecule has 5 aliphatic rings. The van der Waals surface area contributed by atoms with E-state index >= 15 is 0 Å². The van der Waals surface area contributed by atoms with Crippen molar-refractivity contribution in [3.8, 4) is 0 Å². The van der Waals surface area contributed by atoms with Crippen molar-refractivity contribution in [3.05, 3.63) is 23.8 Å². The van der Waals surface area contributed by atoms with Crippen LogP contribution < -0.4 is 0 Å². The molecular weight excluding hydrogens is 676 g/mol. The predicted octanol–water partition coefficient (Wildman–Crippen LogP) is 8.05. The Morgan fingerprint density at radius 1 is 0.849 bits per heavy atom. The van der Waals surface area contributed by atoms with Crippen LogP contribution in [0, 0.1) is 46.3 Å². The molecule has 0 bridgehead atoms. The van der Waals surface area contributed by atoms with Crippen molar-refractivity contribution < 1.29 is 47.6 Å². The van der Waals surface area contributed by atoms with Crippen molar-refractivity contribution in [1.29, 1.82) is 0 Å². The van der Waals surface area contributed by atoms with Gasteiger partial charge in [-0.15, -0.1) is 0 Å². The van der Waals surface area contributed by atoms with Gasteiger partial charge in [-0.05, 0) is 124 Å². The highest BCUT2D eigenvalue weighted by Crippen LogP contribution is 2.67. The number of carbonyl (C=O) groups is 4. The van der Waals surface area contributed by atoms with E-state index in [-0.39, 0.29) is 18.1 Å². The largest absolute Gasteiger partial charge is 0.463 e. The maximum Gasteiger partial charge on any atom is 0.303 e. The molecule has 0 N–H and O–H groups in total. The number of allylic oxidation sites excluding steroid dienone is 2. The van der Waals surface area contributed by atoms with Gasteiger partial charge in [0.15, 0.2) is 24.6 Å². The maximum absolute atomic E-state index is 12.4. The molecule has 0 spiro atoms. The Labute approximate surface area is 317 Å². The monoisotopic (exact) mass is 742 g/mol. The minimum atomic E-state index is -1.24. The lowest BCUT2D eigenvalue weighted by molar-refractivity contribution is -0.318. The van der Waals surface area contributed by atoms with Crippen molar-refractivity contribution in [2.45, 2.75) is 170 Å². The Hall–Kier alpha value is -2.72. The molecule has 298 valence electrons. The van der Waals surface area contributed by atoms with Gasteiger partial charge < -0.3 is 28.4 Å². The molecule has 10 heteroatoms. The van der Waals surface area contributed by atoms with E-state index in [4.69, 9.17) is 28.4 Å². The summed E-state index contributed by atoms with van der Waals surface area (Å²) in [7, 11) is 0. The van der Waals surface area contributed by atoms with Crippen LogP contribution in [0.25, 0.3) is 0 Å². The van der Waals surface area contributed by atoms with Gasteiger partial charge in [-0.2, -0.15) is 0 Å². The summed E-state index contributed by atoms with van der Waals surface area (Å²) in [6, 6.07) is 0. The van der Waals surface area contributed by atoms with Gasteiger partial charge in [0, 0.05) is 27.7 Å². The summed E-state index contributed by atoms with van der Waals surface area (Å²) in [4.78, 5) is 48.6. The van der Waals surface area contributed by atoms with Gasteiger partial charge in [0.05, 0.1) is 6.10 Å². The van der Waals surface area contributed by atoms with Crippen LogP contribution >= 0.6 is 0 Å². The zero-order chi connectivity index (χ0) is 38.8. The normalized spacial score (nSPS) is 38.8. The molecule has 0 radical (unpaired) electrons. The summed E-state index contributed by atoms with van der Waals surface area (Å²) in [6.45, 7) is 21.0. The molecule has 3 saturated carbocycles. The van der Waals surface area contributed by atoms with Crippen molar-refractivity contribution in [2.75, 3.05) is 6.61 Å². The van der Waals surface area contributed by atoms with Gasteiger partial charge >= 0.3 is 23.9 Å². The lowest BCUT2D eigenvalue weighted by Crippen LogP contribution is -2.63. The Morgan fingerprint density at radius 2 is 1.51 bits per heavy atom. The number of carbonyl (C=O) groups excluding carboxylic acids is 4. The van der Waals surface area contributed by atoms with E-state index in [9.17, 15) is 19.2 Å². The number of ether oxygens (including phenoxy) is 6. The van der Waals surface area contributed by atoms with E-state index in [1.54, 1.807) is 0 Å². The third-order valence-corrected chi connectivity index (χ3v) is 14.3. The summed E-state index contributed by atoms with van der Waals surface area (Å²) >= 11 is 0. The average Bonchev–Trinajstić information content (AvgIpc) is 3.43. The molecule has 53 heavy (non-hydrogen) atoms. The van der Waals surface area contributed by atoms with Crippen LogP contribution in [-0.2, 0) is 47.6 Å². The Morgan fingerprint density at radius 3 is 2.13 bits per heavy atom. The molecule has 1 aliphatic heterocycles. The number of fused-ring (bicyclic) bond motifs is 5. The molecule has 14 unspecified atom stereocenters. The molecule has 0 amide bonds. The molecule has 1 saturated heterocycles. The predicted molar refractivity (Wildman–Crippen MR) is 199 cm³/mol. The van der Waals surface area contributed by atoms with E-state index in [0.717, 1.165) is 43.4 Å². The number of rotatable bonds is 13. The fourth-order valence-corrected chi connectivity index (χ4v) is 11.7. The van der Waals surface area contributed by atoms with Gasteiger partial charge in [-0.25, -0.2) is 0 Å². The Bertz CT molecular complexity index is 1400.